The molecule has 5 rings (SSSR count). The van der Waals surface area contributed by atoms with Crippen LogP contribution in [-0.2, 0) is 4.74 Å². The second kappa shape index (κ2) is 5.73. The molecule has 0 spiro atoms. The van der Waals surface area contributed by atoms with Crippen molar-refractivity contribution in [2.45, 2.75) is 19.3 Å². The van der Waals surface area contributed by atoms with Gasteiger partial charge in [0.15, 0.2) is 0 Å². The Balaban J connectivity index is 1.28. The van der Waals surface area contributed by atoms with Gasteiger partial charge in [0.2, 0.25) is 0 Å². The summed E-state index contributed by atoms with van der Waals surface area (Å²) in [5.41, 5.74) is 0.695. The van der Waals surface area contributed by atoms with E-state index in [2.05, 4.69) is 9.88 Å². The molecule has 3 heterocycles. The van der Waals surface area contributed by atoms with E-state index >= 15 is 0 Å². The minimum atomic E-state index is 0.0775. The van der Waals surface area contributed by atoms with Crippen LogP contribution in [0.25, 0.3) is 0 Å². The molecule has 1 aromatic heterocycles. The van der Waals surface area contributed by atoms with Crippen LogP contribution in [0.3, 0.4) is 0 Å². The van der Waals surface area contributed by atoms with Crippen LogP contribution in [0, 0.1) is 23.7 Å². The average Bonchev–Trinajstić information content (AvgIpc) is 3.35. The zero-order valence-electron chi connectivity index (χ0n) is 14.1. The van der Waals surface area contributed by atoms with E-state index in [1.807, 2.05) is 17.0 Å². The van der Waals surface area contributed by atoms with Crippen LogP contribution in [0.4, 0.5) is 5.82 Å². The first-order chi connectivity index (χ1) is 11.8. The summed E-state index contributed by atoms with van der Waals surface area (Å²) in [5, 5.41) is 0. The van der Waals surface area contributed by atoms with Crippen LogP contribution in [0.1, 0.15) is 29.6 Å². The molecule has 2 aliphatic carbocycles. The summed E-state index contributed by atoms with van der Waals surface area (Å²) in [6.07, 6.45) is 6.12. The highest BCUT2D eigenvalue weighted by molar-refractivity contribution is 5.94. The molecule has 1 aromatic rings. The van der Waals surface area contributed by atoms with Crippen LogP contribution >= 0.6 is 0 Å². The summed E-state index contributed by atoms with van der Waals surface area (Å²) in [6.45, 7) is 4.95. The SMILES string of the molecule is O=C(c1ccc(N2C[C@@H]3[C@@H]4CC[C@@H](C4)[C@@H]3C2)nc1)N1CCOCC1. The number of nitrogens with zero attached hydrogens (tertiary/aromatic N) is 3. The van der Waals surface area contributed by atoms with Gasteiger partial charge in [-0.05, 0) is 55.1 Å². The molecule has 4 aliphatic rings. The lowest BCUT2D eigenvalue weighted by atomic mass is 9.82. The van der Waals surface area contributed by atoms with Gasteiger partial charge in [-0.15, -0.1) is 0 Å². The third-order valence-electron chi connectivity index (χ3n) is 6.75. The lowest BCUT2D eigenvalue weighted by Crippen LogP contribution is -2.40. The monoisotopic (exact) mass is 327 g/mol. The first-order valence-corrected chi connectivity index (χ1v) is 9.37. The number of hydrogen-bond acceptors (Lipinski definition) is 4. The molecule has 1 amide bonds. The van der Waals surface area contributed by atoms with E-state index in [0.29, 0.717) is 31.9 Å². The van der Waals surface area contributed by atoms with E-state index in [1.165, 1.54) is 19.3 Å². The Morgan fingerprint density at radius 2 is 1.79 bits per heavy atom. The Hall–Kier alpha value is -1.62. The van der Waals surface area contributed by atoms with Crippen molar-refractivity contribution < 1.29 is 9.53 Å². The first kappa shape index (κ1) is 14.7. The molecule has 2 saturated heterocycles. The molecule has 128 valence electrons. The molecule has 5 heteroatoms. The predicted molar refractivity (Wildman–Crippen MR) is 91.0 cm³/mol. The zero-order chi connectivity index (χ0) is 16.1. The summed E-state index contributed by atoms with van der Waals surface area (Å²) in [4.78, 5) is 21.4. The fourth-order valence-corrected chi connectivity index (χ4v) is 5.52. The first-order valence-electron chi connectivity index (χ1n) is 9.37. The molecular formula is C19H25N3O2. The number of amides is 1. The summed E-state index contributed by atoms with van der Waals surface area (Å²) in [6, 6.07) is 3.99. The number of fused-ring (bicyclic) bond motifs is 5. The lowest BCUT2D eigenvalue weighted by Gasteiger charge is -2.27. The summed E-state index contributed by atoms with van der Waals surface area (Å²) >= 11 is 0. The summed E-state index contributed by atoms with van der Waals surface area (Å²) < 4.78 is 5.31. The van der Waals surface area contributed by atoms with Gasteiger partial charge in [-0.2, -0.15) is 0 Å². The molecule has 0 radical (unpaired) electrons. The van der Waals surface area contributed by atoms with Crippen molar-refractivity contribution in [3.05, 3.63) is 23.9 Å². The van der Waals surface area contributed by atoms with Gasteiger partial charge in [-0.25, -0.2) is 4.98 Å². The molecule has 2 aliphatic heterocycles. The quantitative estimate of drug-likeness (QED) is 0.834. The Labute approximate surface area is 143 Å². The molecule has 0 aromatic carbocycles. The van der Waals surface area contributed by atoms with Crippen LogP contribution in [-0.4, -0.2) is 55.2 Å². The number of aromatic nitrogens is 1. The largest absolute Gasteiger partial charge is 0.378 e. The van der Waals surface area contributed by atoms with E-state index in [-0.39, 0.29) is 5.91 Å². The van der Waals surface area contributed by atoms with Gasteiger partial charge in [0.1, 0.15) is 5.82 Å². The van der Waals surface area contributed by atoms with Gasteiger partial charge in [-0.1, -0.05) is 0 Å². The molecule has 4 fully saturated rings. The Morgan fingerprint density at radius 1 is 1.08 bits per heavy atom. The Morgan fingerprint density at radius 3 is 2.42 bits per heavy atom. The van der Waals surface area contributed by atoms with Crippen molar-refractivity contribution >= 4 is 11.7 Å². The van der Waals surface area contributed by atoms with Gasteiger partial charge in [0.25, 0.3) is 5.91 Å². The van der Waals surface area contributed by atoms with Crippen LogP contribution < -0.4 is 4.90 Å². The van der Waals surface area contributed by atoms with E-state index in [4.69, 9.17) is 4.74 Å². The van der Waals surface area contributed by atoms with Gasteiger partial charge in [0, 0.05) is 32.4 Å². The Kier molecular flexibility index (Phi) is 3.51. The maximum Gasteiger partial charge on any atom is 0.255 e. The lowest BCUT2D eigenvalue weighted by molar-refractivity contribution is 0.0302. The highest BCUT2D eigenvalue weighted by Gasteiger charge is 2.51. The van der Waals surface area contributed by atoms with Crippen molar-refractivity contribution in [2.24, 2.45) is 23.7 Å². The normalized spacial score (nSPS) is 34.7. The van der Waals surface area contributed by atoms with Crippen LogP contribution in [0.15, 0.2) is 18.3 Å². The molecule has 24 heavy (non-hydrogen) atoms. The maximum atomic E-state index is 12.5. The minimum absolute atomic E-state index is 0.0775. The summed E-state index contributed by atoms with van der Waals surface area (Å²) in [5.74, 6) is 4.83. The van der Waals surface area contributed by atoms with Crippen molar-refractivity contribution in [3.63, 3.8) is 0 Å². The standard InChI is InChI=1S/C19H25N3O2/c23-19(21-5-7-24-8-6-21)15-3-4-18(20-10-15)22-11-16-13-1-2-14(9-13)17(16)12-22/h3-4,10,13-14,16-17H,1-2,5-9,11-12H2/t13-,14+,16-,17+. The fraction of sp³-hybridized carbons (Fsp3) is 0.684. The number of carbonyl (C=O) groups excluding carboxylic acids is 1. The number of hydrogen-bond donors (Lipinski definition) is 0. The molecule has 5 nitrogen and oxygen atoms in total. The number of morpholine rings is 1. The molecule has 0 N–H and O–H groups in total. The number of anilines is 1. The molecule has 2 saturated carbocycles. The van der Waals surface area contributed by atoms with Crippen molar-refractivity contribution in [2.75, 3.05) is 44.3 Å². The third kappa shape index (κ3) is 2.32. The van der Waals surface area contributed by atoms with E-state index < -0.39 is 0 Å². The predicted octanol–water partition coefficient (Wildman–Crippen LogP) is 2.04. The number of pyridine rings is 1. The average molecular weight is 327 g/mol. The van der Waals surface area contributed by atoms with Crippen molar-refractivity contribution in [1.29, 1.82) is 0 Å². The summed E-state index contributed by atoms with van der Waals surface area (Å²) in [7, 11) is 0. The molecular weight excluding hydrogens is 302 g/mol. The fourth-order valence-electron chi connectivity index (χ4n) is 5.52. The van der Waals surface area contributed by atoms with Crippen molar-refractivity contribution in [1.82, 2.24) is 9.88 Å². The highest BCUT2D eigenvalue weighted by Crippen LogP contribution is 2.55. The van der Waals surface area contributed by atoms with Gasteiger partial charge in [0.05, 0.1) is 18.8 Å². The van der Waals surface area contributed by atoms with Crippen LogP contribution in [0.2, 0.25) is 0 Å². The minimum Gasteiger partial charge on any atom is -0.378 e. The zero-order valence-corrected chi connectivity index (χ0v) is 14.1. The number of carbonyl (C=O) groups is 1. The maximum absolute atomic E-state index is 12.5. The molecule has 2 bridgehead atoms. The molecule has 0 unspecified atom stereocenters. The van der Waals surface area contributed by atoms with Gasteiger partial charge in [-0.3, -0.25) is 4.79 Å². The second-order valence-corrected chi connectivity index (χ2v) is 7.88. The Bertz CT molecular complexity index is 608. The van der Waals surface area contributed by atoms with Crippen LogP contribution in [0.5, 0.6) is 0 Å². The highest BCUT2D eigenvalue weighted by atomic mass is 16.5. The van der Waals surface area contributed by atoms with E-state index in [0.717, 1.165) is 42.6 Å². The van der Waals surface area contributed by atoms with Gasteiger partial charge < -0.3 is 14.5 Å². The number of rotatable bonds is 2. The second-order valence-electron chi connectivity index (χ2n) is 7.88. The topological polar surface area (TPSA) is 45.7 Å². The van der Waals surface area contributed by atoms with E-state index in [1.54, 1.807) is 6.20 Å². The smallest absolute Gasteiger partial charge is 0.255 e. The third-order valence-corrected chi connectivity index (χ3v) is 6.75. The van der Waals surface area contributed by atoms with Gasteiger partial charge >= 0.3 is 0 Å². The van der Waals surface area contributed by atoms with E-state index in [9.17, 15) is 4.79 Å². The van der Waals surface area contributed by atoms with Crippen molar-refractivity contribution in [3.8, 4) is 0 Å². The number of ether oxygens (including phenoxy) is 1. The molecule has 4 atom stereocenters.